The fourth-order valence-electron chi connectivity index (χ4n) is 4.19. The molecule has 1 heterocycles. The number of hydrogen-bond acceptors (Lipinski definition) is 11. The van der Waals surface area contributed by atoms with Gasteiger partial charge >= 0.3 is 12.3 Å². The summed E-state index contributed by atoms with van der Waals surface area (Å²) in [6.45, 7) is 1.29. The Morgan fingerprint density at radius 3 is 2.35 bits per heavy atom. The maximum absolute atomic E-state index is 13.4. The monoisotopic (exact) mass is 751 g/mol. The Bertz CT molecular complexity index is 1910. The Labute approximate surface area is 270 Å². The first-order valence-corrected chi connectivity index (χ1v) is 18.4. The van der Waals surface area contributed by atoms with Crippen LogP contribution in [0.25, 0.3) is 0 Å². The van der Waals surface area contributed by atoms with Crippen LogP contribution in [0.2, 0.25) is 5.02 Å². The van der Waals surface area contributed by atoms with Gasteiger partial charge in [-0.05, 0) is 36.8 Å². The van der Waals surface area contributed by atoms with Crippen molar-refractivity contribution in [2.24, 2.45) is 11.1 Å². The van der Waals surface area contributed by atoms with Gasteiger partial charge in [-0.3, -0.25) is 9.59 Å². The van der Waals surface area contributed by atoms with Gasteiger partial charge in [0.1, 0.15) is 20.9 Å². The number of anilines is 1. The third-order valence-corrected chi connectivity index (χ3v) is 11.5. The molecule has 15 nitrogen and oxygen atoms in total. The highest BCUT2D eigenvalue weighted by Gasteiger charge is 2.38. The summed E-state index contributed by atoms with van der Waals surface area (Å²) in [7, 11) is -12.4. The van der Waals surface area contributed by atoms with E-state index < -0.39 is 91.3 Å². The first-order valence-electron chi connectivity index (χ1n) is 12.5. The lowest BCUT2D eigenvalue weighted by atomic mass is 10.1. The Balaban J connectivity index is 1.65. The van der Waals surface area contributed by atoms with Crippen LogP contribution in [0.15, 0.2) is 45.0 Å². The van der Waals surface area contributed by atoms with Crippen molar-refractivity contribution in [1.82, 2.24) is 14.3 Å². The number of thioether (sulfide) groups is 1. The van der Waals surface area contributed by atoms with Gasteiger partial charge in [0.25, 0.3) is 10.0 Å². The summed E-state index contributed by atoms with van der Waals surface area (Å²) < 4.78 is 117. The molecule has 46 heavy (non-hydrogen) atoms. The Morgan fingerprint density at radius 1 is 1.15 bits per heavy atom. The van der Waals surface area contributed by atoms with Crippen molar-refractivity contribution >= 4 is 76.2 Å². The van der Waals surface area contributed by atoms with Crippen LogP contribution in [0.1, 0.15) is 29.3 Å². The zero-order valence-corrected chi connectivity index (χ0v) is 27.5. The summed E-state index contributed by atoms with van der Waals surface area (Å²) in [6.07, 6.45) is -8.32. The Kier molecular flexibility index (Phi) is 11.0. The average molecular weight is 752 g/mol. The normalized spacial score (nSPS) is 16.9. The third kappa shape index (κ3) is 8.80. The molecule has 2 aromatic carbocycles. The first kappa shape index (κ1) is 37.3. The molecular weight excluding hydrogens is 727 g/mol. The maximum atomic E-state index is 13.4. The van der Waals surface area contributed by atoms with Crippen molar-refractivity contribution in [2.75, 3.05) is 24.7 Å². The number of alkyl halides is 3. The highest BCUT2D eigenvalue weighted by molar-refractivity contribution is 8.14. The molecule has 0 radical (unpaired) electrons. The van der Waals surface area contributed by atoms with Gasteiger partial charge in [0.2, 0.25) is 31.1 Å². The molecule has 2 amide bonds. The van der Waals surface area contributed by atoms with E-state index in [0.29, 0.717) is 23.9 Å². The van der Waals surface area contributed by atoms with E-state index in [1.807, 2.05) is 0 Å². The van der Waals surface area contributed by atoms with Crippen LogP contribution in [-0.2, 0) is 41.0 Å². The number of rotatable bonds is 10. The zero-order chi connectivity index (χ0) is 35.0. The number of primary sulfonamides is 1. The van der Waals surface area contributed by atoms with E-state index in [1.165, 1.54) is 18.9 Å². The Hall–Kier alpha value is -3.15. The quantitative estimate of drug-likeness (QED) is 0.235. The number of nitrogens with one attached hydrogen (secondary N) is 3. The zero-order valence-electron chi connectivity index (χ0n) is 23.5. The fourth-order valence-corrected chi connectivity index (χ4v) is 8.72. The summed E-state index contributed by atoms with van der Waals surface area (Å²) in [5.41, 5.74) is -2.19. The minimum atomic E-state index is -5.20. The Morgan fingerprint density at radius 2 is 1.78 bits per heavy atom. The summed E-state index contributed by atoms with van der Waals surface area (Å²) in [5.74, 6) is -1.26. The molecule has 1 aliphatic heterocycles. The largest absolute Gasteiger partial charge is 0.464 e. The second kappa shape index (κ2) is 13.5. The van der Waals surface area contributed by atoms with Gasteiger partial charge in [0.05, 0.1) is 22.8 Å². The van der Waals surface area contributed by atoms with Gasteiger partial charge in [0.15, 0.2) is 0 Å². The van der Waals surface area contributed by atoms with Gasteiger partial charge in [-0.1, -0.05) is 30.3 Å². The summed E-state index contributed by atoms with van der Waals surface area (Å²) in [5, 5.41) is 15.4. The number of carboxylic acid groups (broad SMARTS) is 1. The van der Waals surface area contributed by atoms with Crippen molar-refractivity contribution < 1.29 is 57.9 Å². The van der Waals surface area contributed by atoms with Gasteiger partial charge in [-0.2, -0.15) is 17.9 Å². The van der Waals surface area contributed by atoms with Crippen molar-refractivity contribution in [3.63, 3.8) is 0 Å². The number of fused-ring (bicyclic) bond motifs is 1. The molecular formula is C23H25ClF3N5O10S4. The molecule has 0 saturated heterocycles. The molecule has 2 aromatic rings. The number of hydrogen-bond donors (Lipinski definition) is 5. The number of sulfonamides is 3. The number of amides is 2. The number of nitrogens with two attached hydrogens (primary N) is 1. The molecule has 3 rings (SSSR count). The standard InChI is InChI=1S/C23H25ClF3N5O10S4/c1-11(5-6-43-21(34)12-3-4-13(23(25,26)27)16(7-12)45(39,40)31-22(35)36)20(33)32(2)10-19-29-15-8-14(24)17(44(28,37)38)9-18(15)46(41,42)30-19/h3-4,7-9,11,19,29-31H,5-6,10H2,1-2H3,(H,35,36)(H2,28,37,38). The summed E-state index contributed by atoms with van der Waals surface area (Å²) in [4.78, 5) is 35.1. The van der Waals surface area contributed by atoms with E-state index in [0.717, 1.165) is 22.9 Å². The smallest absolute Gasteiger partial charge is 0.418 e. The number of carbonyl (C=O) groups excluding carboxylic acids is 2. The van der Waals surface area contributed by atoms with Crippen molar-refractivity contribution in [3.8, 4) is 0 Å². The third-order valence-electron chi connectivity index (χ3n) is 6.33. The van der Waals surface area contributed by atoms with E-state index in [-0.39, 0.29) is 29.4 Å². The number of likely N-dealkylation sites (N-methyl/N-ethyl adjacent to an activating group) is 1. The second-order valence-corrected chi connectivity index (χ2v) is 16.1. The topological polar surface area (TPSA) is 239 Å². The fraction of sp³-hybridized carbons (Fsp3) is 0.348. The molecule has 0 aliphatic carbocycles. The molecule has 6 N–H and O–H groups in total. The lowest BCUT2D eigenvalue weighted by molar-refractivity contribution is -0.140. The van der Waals surface area contributed by atoms with Crippen molar-refractivity contribution in [2.45, 2.75) is 40.4 Å². The number of carbonyl (C=O) groups is 3. The van der Waals surface area contributed by atoms with Gasteiger partial charge < -0.3 is 15.3 Å². The van der Waals surface area contributed by atoms with E-state index >= 15 is 0 Å². The SMILES string of the molecule is CC(CCSC(=O)c1ccc(C(F)(F)F)c(S(=O)(=O)NC(=O)O)c1)C(=O)N(C)CC1Nc2cc(Cl)c(S(N)(=O)=O)cc2S(=O)(=O)N1. The van der Waals surface area contributed by atoms with Crippen molar-refractivity contribution in [1.29, 1.82) is 0 Å². The summed E-state index contributed by atoms with van der Waals surface area (Å²) in [6, 6.07) is 3.35. The van der Waals surface area contributed by atoms with Gasteiger partial charge in [0, 0.05) is 24.3 Å². The van der Waals surface area contributed by atoms with Crippen LogP contribution in [0.5, 0.6) is 0 Å². The van der Waals surface area contributed by atoms with Crippen LogP contribution < -0.4 is 19.9 Å². The maximum Gasteiger partial charge on any atom is 0.418 e. The molecule has 2 atom stereocenters. The minimum absolute atomic E-state index is 0.0390. The van der Waals surface area contributed by atoms with Crippen LogP contribution in [0, 0.1) is 5.92 Å². The molecule has 0 aromatic heterocycles. The van der Waals surface area contributed by atoms with Crippen molar-refractivity contribution in [3.05, 3.63) is 46.5 Å². The minimum Gasteiger partial charge on any atom is -0.464 e. The lowest BCUT2D eigenvalue weighted by Gasteiger charge is -2.32. The highest BCUT2D eigenvalue weighted by atomic mass is 35.5. The van der Waals surface area contributed by atoms with E-state index in [4.69, 9.17) is 21.8 Å². The van der Waals surface area contributed by atoms with Crippen LogP contribution in [0.4, 0.5) is 23.7 Å². The second-order valence-electron chi connectivity index (χ2n) is 9.81. The van der Waals surface area contributed by atoms with Gasteiger partial charge in [-0.25, -0.2) is 39.9 Å². The van der Waals surface area contributed by atoms with Gasteiger partial charge in [-0.15, -0.1) is 0 Å². The van der Waals surface area contributed by atoms with E-state index in [2.05, 4.69) is 10.0 Å². The molecule has 254 valence electrons. The first-order chi connectivity index (χ1) is 20.9. The molecule has 0 saturated carbocycles. The molecule has 0 bridgehead atoms. The van der Waals surface area contributed by atoms with Crippen LogP contribution in [0.3, 0.4) is 0 Å². The number of benzene rings is 2. The molecule has 0 spiro atoms. The molecule has 0 fully saturated rings. The van der Waals surface area contributed by atoms with E-state index in [9.17, 15) is 52.8 Å². The lowest BCUT2D eigenvalue weighted by Crippen LogP contribution is -2.52. The molecule has 1 aliphatic rings. The molecule has 2 unspecified atom stereocenters. The van der Waals surface area contributed by atoms with E-state index in [1.54, 1.807) is 0 Å². The number of nitrogens with zero attached hydrogens (tertiary/aromatic N) is 1. The van der Waals surface area contributed by atoms with Crippen LogP contribution >= 0.6 is 23.4 Å². The predicted octanol–water partition coefficient (Wildman–Crippen LogP) is 2.05. The number of halogens is 4. The highest BCUT2D eigenvalue weighted by Crippen LogP contribution is 2.36. The van der Waals surface area contributed by atoms with Crippen LogP contribution in [-0.4, -0.2) is 77.9 Å². The predicted molar refractivity (Wildman–Crippen MR) is 159 cm³/mol. The summed E-state index contributed by atoms with van der Waals surface area (Å²) >= 11 is 6.54. The average Bonchev–Trinajstić information content (AvgIpc) is 2.89. The molecule has 23 heteroatoms.